The van der Waals surface area contributed by atoms with Gasteiger partial charge in [0.2, 0.25) is 0 Å². The number of primary sulfonamides is 1. The van der Waals surface area contributed by atoms with Crippen molar-refractivity contribution in [3.8, 4) is 0 Å². The molecule has 0 bridgehead atoms. The van der Waals surface area contributed by atoms with E-state index in [1.54, 1.807) is 7.05 Å². The Kier molecular flexibility index (Phi) is 3.42. The highest BCUT2D eigenvalue weighted by Crippen LogP contribution is 2.14. The van der Waals surface area contributed by atoms with Crippen LogP contribution in [0.1, 0.15) is 22.5 Å². The van der Waals surface area contributed by atoms with Gasteiger partial charge < -0.3 is 4.57 Å². The number of aryl methyl sites for hydroxylation is 2. The average molecular weight is 280 g/mol. The summed E-state index contributed by atoms with van der Waals surface area (Å²) in [5, 5.41) is 12.3. The van der Waals surface area contributed by atoms with Crippen LogP contribution in [0, 0.1) is 13.8 Å². The van der Waals surface area contributed by atoms with Gasteiger partial charge in [-0.3, -0.25) is 0 Å². The number of aromatic nitrogens is 3. The molecule has 0 atom stereocenters. The zero-order valence-electron chi connectivity index (χ0n) is 11.1. The Hall–Kier alpha value is -1.73. The van der Waals surface area contributed by atoms with E-state index in [2.05, 4.69) is 16.3 Å². The van der Waals surface area contributed by atoms with Crippen molar-refractivity contribution in [2.24, 2.45) is 12.2 Å². The molecular formula is C12H16N4O2S. The molecule has 0 saturated carbocycles. The van der Waals surface area contributed by atoms with Crippen LogP contribution in [0.5, 0.6) is 0 Å². The Balaban J connectivity index is 2.34. The van der Waals surface area contributed by atoms with Crippen LogP contribution in [-0.2, 0) is 23.5 Å². The molecule has 0 radical (unpaired) electrons. The number of nitrogens with zero attached hydrogens (tertiary/aromatic N) is 3. The first kappa shape index (κ1) is 13.7. The molecule has 1 aromatic carbocycles. The van der Waals surface area contributed by atoms with Crippen LogP contribution in [0.2, 0.25) is 0 Å². The largest absolute Gasteiger partial charge is 0.304 e. The second-order valence-corrected chi connectivity index (χ2v) is 6.05. The van der Waals surface area contributed by atoms with Crippen LogP contribution < -0.4 is 5.14 Å². The summed E-state index contributed by atoms with van der Waals surface area (Å²) in [6.45, 7) is 4.08. The molecule has 2 N–H and O–H groups in total. The number of nitrogens with two attached hydrogens (primary N) is 1. The van der Waals surface area contributed by atoms with Crippen LogP contribution in [0.3, 0.4) is 0 Å². The minimum absolute atomic E-state index is 0.216. The second-order valence-electron chi connectivity index (χ2n) is 4.60. The van der Waals surface area contributed by atoms with E-state index in [1.807, 2.05) is 26.0 Å². The van der Waals surface area contributed by atoms with Crippen LogP contribution in [0.25, 0.3) is 0 Å². The molecule has 19 heavy (non-hydrogen) atoms. The molecule has 0 aliphatic heterocycles. The van der Waals surface area contributed by atoms with E-state index in [0.717, 1.165) is 5.56 Å². The molecule has 2 rings (SSSR count). The Labute approximate surface area is 112 Å². The number of sulfonamides is 1. The normalized spacial score (nSPS) is 11.8. The third-order valence-electron chi connectivity index (χ3n) is 3.11. The lowest BCUT2D eigenvalue weighted by molar-refractivity contribution is 0.578. The number of benzene rings is 1. The van der Waals surface area contributed by atoms with Crippen molar-refractivity contribution in [3.05, 3.63) is 40.7 Å². The maximum atomic E-state index is 11.3. The minimum Gasteiger partial charge on any atom is -0.304 e. The summed E-state index contributed by atoms with van der Waals surface area (Å²) in [5.74, 6) is 0.562. The third-order valence-corrected chi connectivity index (χ3v) is 3.98. The van der Waals surface area contributed by atoms with Gasteiger partial charge >= 0.3 is 0 Å². The lowest BCUT2D eigenvalue weighted by Gasteiger charge is -2.05. The highest BCUT2D eigenvalue weighted by molar-refractivity contribution is 7.89. The van der Waals surface area contributed by atoms with E-state index in [4.69, 9.17) is 5.14 Å². The average Bonchev–Trinajstić information content (AvgIpc) is 2.65. The molecule has 0 spiro atoms. The standard InChI is InChI=1S/C12H16N4O2S/c1-8-4-5-10(6-9(8)2)7-11-14-15-12(16(11)3)19(13,17)18/h4-6H,7H2,1-3H3,(H2,13,17,18). The molecule has 1 heterocycles. The first-order valence-corrected chi connectivity index (χ1v) is 7.31. The predicted octanol–water partition coefficient (Wildman–Crippen LogP) is 0.670. The third kappa shape index (κ3) is 2.82. The summed E-state index contributed by atoms with van der Waals surface area (Å²) in [4.78, 5) is 0. The molecule has 102 valence electrons. The van der Waals surface area contributed by atoms with E-state index in [-0.39, 0.29) is 5.16 Å². The Morgan fingerprint density at radius 3 is 2.42 bits per heavy atom. The van der Waals surface area contributed by atoms with Crippen molar-refractivity contribution in [2.75, 3.05) is 0 Å². The Bertz CT molecular complexity index is 719. The fraction of sp³-hybridized carbons (Fsp3) is 0.333. The van der Waals surface area contributed by atoms with Crippen molar-refractivity contribution in [3.63, 3.8) is 0 Å². The van der Waals surface area contributed by atoms with Gasteiger partial charge in [-0.2, -0.15) is 0 Å². The number of hydrogen-bond donors (Lipinski definition) is 1. The summed E-state index contributed by atoms with van der Waals surface area (Å²) >= 11 is 0. The Morgan fingerprint density at radius 1 is 1.21 bits per heavy atom. The summed E-state index contributed by atoms with van der Waals surface area (Å²) in [6.07, 6.45) is 0.514. The van der Waals surface area contributed by atoms with Crippen molar-refractivity contribution in [2.45, 2.75) is 25.4 Å². The van der Waals surface area contributed by atoms with E-state index in [0.29, 0.717) is 12.2 Å². The zero-order chi connectivity index (χ0) is 14.2. The SMILES string of the molecule is Cc1ccc(Cc2nnc(S(N)(=O)=O)n2C)cc1C. The fourth-order valence-electron chi connectivity index (χ4n) is 1.84. The van der Waals surface area contributed by atoms with Gasteiger partial charge in [0, 0.05) is 13.5 Å². The smallest absolute Gasteiger partial charge is 0.273 e. The molecule has 6 nitrogen and oxygen atoms in total. The lowest BCUT2D eigenvalue weighted by Crippen LogP contribution is -2.17. The summed E-state index contributed by atoms with van der Waals surface area (Å²) < 4.78 is 24.0. The van der Waals surface area contributed by atoms with E-state index < -0.39 is 10.0 Å². The molecular weight excluding hydrogens is 264 g/mol. The highest BCUT2D eigenvalue weighted by atomic mass is 32.2. The zero-order valence-corrected chi connectivity index (χ0v) is 11.9. The van der Waals surface area contributed by atoms with Gasteiger partial charge in [0.25, 0.3) is 15.2 Å². The van der Waals surface area contributed by atoms with Gasteiger partial charge in [-0.1, -0.05) is 18.2 Å². The van der Waals surface area contributed by atoms with E-state index in [9.17, 15) is 8.42 Å². The topological polar surface area (TPSA) is 90.9 Å². The van der Waals surface area contributed by atoms with Crippen molar-refractivity contribution < 1.29 is 8.42 Å². The van der Waals surface area contributed by atoms with Crippen molar-refractivity contribution in [1.29, 1.82) is 0 Å². The van der Waals surface area contributed by atoms with Crippen LogP contribution >= 0.6 is 0 Å². The maximum absolute atomic E-state index is 11.3. The molecule has 0 aliphatic rings. The van der Waals surface area contributed by atoms with Gasteiger partial charge in [0.15, 0.2) is 0 Å². The van der Waals surface area contributed by atoms with Gasteiger partial charge in [-0.25, -0.2) is 13.6 Å². The highest BCUT2D eigenvalue weighted by Gasteiger charge is 2.18. The quantitative estimate of drug-likeness (QED) is 0.894. The maximum Gasteiger partial charge on any atom is 0.273 e. The molecule has 1 aromatic heterocycles. The number of rotatable bonds is 3. The summed E-state index contributed by atoms with van der Waals surface area (Å²) in [5.41, 5.74) is 3.46. The predicted molar refractivity (Wildman–Crippen MR) is 71.1 cm³/mol. The molecule has 0 saturated heterocycles. The Morgan fingerprint density at radius 2 is 1.89 bits per heavy atom. The molecule has 2 aromatic rings. The molecule has 0 aliphatic carbocycles. The minimum atomic E-state index is -3.83. The van der Waals surface area contributed by atoms with Gasteiger partial charge in [0.05, 0.1) is 0 Å². The van der Waals surface area contributed by atoms with E-state index in [1.165, 1.54) is 15.7 Å². The first-order chi connectivity index (χ1) is 8.79. The lowest BCUT2D eigenvalue weighted by atomic mass is 10.0. The van der Waals surface area contributed by atoms with Crippen molar-refractivity contribution >= 4 is 10.0 Å². The van der Waals surface area contributed by atoms with Crippen LogP contribution in [-0.4, -0.2) is 23.2 Å². The monoisotopic (exact) mass is 280 g/mol. The summed E-state index contributed by atoms with van der Waals surface area (Å²) in [7, 11) is -2.24. The van der Waals surface area contributed by atoms with Gasteiger partial charge in [-0.05, 0) is 30.5 Å². The first-order valence-electron chi connectivity index (χ1n) is 5.76. The summed E-state index contributed by atoms with van der Waals surface area (Å²) in [6, 6.07) is 6.08. The van der Waals surface area contributed by atoms with Crippen LogP contribution in [0.4, 0.5) is 0 Å². The molecule has 7 heteroatoms. The van der Waals surface area contributed by atoms with Crippen LogP contribution in [0.15, 0.2) is 23.4 Å². The van der Waals surface area contributed by atoms with Crippen molar-refractivity contribution in [1.82, 2.24) is 14.8 Å². The van der Waals surface area contributed by atoms with E-state index >= 15 is 0 Å². The molecule has 0 fully saturated rings. The molecule has 0 amide bonds. The van der Waals surface area contributed by atoms with Gasteiger partial charge in [-0.15, -0.1) is 10.2 Å². The molecule has 0 unspecified atom stereocenters. The second kappa shape index (κ2) is 4.75. The van der Waals surface area contributed by atoms with Gasteiger partial charge in [0.1, 0.15) is 5.82 Å². The fourth-order valence-corrected chi connectivity index (χ4v) is 2.48. The number of hydrogen-bond acceptors (Lipinski definition) is 4.